The fourth-order valence-electron chi connectivity index (χ4n) is 2.50. The predicted octanol–water partition coefficient (Wildman–Crippen LogP) is 2.76. The van der Waals surface area contributed by atoms with Crippen LogP contribution in [0.15, 0.2) is 48.5 Å². The van der Waals surface area contributed by atoms with Crippen LogP contribution in [0.3, 0.4) is 0 Å². The lowest BCUT2D eigenvalue weighted by Crippen LogP contribution is -2.26. The lowest BCUT2D eigenvalue weighted by molar-refractivity contribution is -0.120. The monoisotopic (exact) mass is 358 g/mol. The molecule has 1 aliphatic carbocycles. The number of hydrogen-bond acceptors (Lipinski definition) is 3. The van der Waals surface area contributed by atoms with Gasteiger partial charge in [0.15, 0.2) is 0 Å². The molecule has 1 aliphatic rings. The van der Waals surface area contributed by atoms with Crippen LogP contribution >= 0.6 is 0 Å². The van der Waals surface area contributed by atoms with E-state index in [1.165, 1.54) is 0 Å². The molecule has 0 atom stereocenters. The third kappa shape index (κ3) is 5.60. The highest BCUT2D eigenvalue weighted by molar-refractivity contribution is 7.91. The summed E-state index contributed by atoms with van der Waals surface area (Å²) in [6, 6.07) is 14.7. The van der Waals surface area contributed by atoms with Crippen LogP contribution in [0.25, 0.3) is 0 Å². The number of rotatable bonds is 7. The fraction of sp³-hybridized carbons (Fsp3) is 0.316. The fourth-order valence-corrected chi connectivity index (χ4v) is 3.70. The Morgan fingerprint density at radius 2 is 1.60 bits per heavy atom. The molecule has 5 nitrogen and oxygen atoms in total. The highest BCUT2D eigenvalue weighted by atomic mass is 32.2. The Morgan fingerprint density at radius 1 is 1.00 bits per heavy atom. The molecule has 0 saturated heterocycles. The van der Waals surface area contributed by atoms with Crippen molar-refractivity contribution in [2.75, 3.05) is 4.72 Å². The zero-order valence-electron chi connectivity index (χ0n) is 14.2. The van der Waals surface area contributed by atoms with Gasteiger partial charge < -0.3 is 5.32 Å². The molecule has 0 unspecified atom stereocenters. The molecule has 132 valence electrons. The van der Waals surface area contributed by atoms with Gasteiger partial charge in [-0.1, -0.05) is 42.0 Å². The quantitative estimate of drug-likeness (QED) is 0.799. The molecule has 0 aliphatic heterocycles. The molecule has 0 bridgehead atoms. The van der Waals surface area contributed by atoms with Gasteiger partial charge in [0.05, 0.1) is 12.2 Å². The van der Waals surface area contributed by atoms with Crippen molar-refractivity contribution in [2.24, 2.45) is 0 Å². The minimum Gasteiger partial charge on any atom is -0.353 e. The lowest BCUT2D eigenvalue weighted by Gasteiger charge is -2.09. The van der Waals surface area contributed by atoms with Crippen LogP contribution in [-0.4, -0.2) is 20.4 Å². The molecule has 2 N–H and O–H groups in total. The number of benzene rings is 2. The Balaban J connectivity index is 1.57. The third-order valence-electron chi connectivity index (χ3n) is 4.01. The summed E-state index contributed by atoms with van der Waals surface area (Å²) in [7, 11) is -3.47. The number of sulfonamides is 1. The van der Waals surface area contributed by atoms with Crippen molar-refractivity contribution < 1.29 is 13.2 Å². The predicted molar refractivity (Wildman–Crippen MR) is 98.7 cm³/mol. The van der Waals surface area contributed by atoms with Gasteiger partial charge in [0, 0.05) is 11.7 Å². The van der Waals surface area contributed by atoms with Crippen molar-refractivity contribution in [1.82, 2.24) is 5.32 Å². The number of carbonyl (C=O) groups is 1. The smallest absolute Gasteiger partial charge is 0.236 e. The number of amides is 1. The summed E-state index contributed by atoms with van der Waals surface area (Å²) in [4.78, 5) is 11.8. The van der Waals surface area contributed by atoms with Gasteiger partial charge in [0.1, 0.15) is 0 Å². The Morgan fingerprint density at radius 3 is 2.20 bits per heavy atom. The van der Waals surface area contributed by atoms with Crippen molar-refractivity contribution in [1.29, 1.82) is 0 Å². The average Bonchev–Trinajstić information content (AvgIpc) is 3.35. The minimum absolute atomic E-state index is 0.00945. The van der Waals surface area contributed by atoms with Crippen LogP contribution in [0.5, 0.6) is 0 Å². The van der Waals surface area contributed by atoms with E-state index in [1.807, 2.05) is 31.2 Å². The van der Waals surface area contributed by atoms with E-state index >= 15 is 0 Å². The van der Waals surface area contributed by atoms with E-state index in [0.29, 0.717) is 18.2 Å². The van der Waals surface area contributed by atoms with E-state index in [4.69, 9.17) is 0 Å². The van der Waals surface area contributed by atoms with Crippen molar-refractivity contribution in [2.45, 2.75) is 38.0 Å². The van der Waals surface area contributed by atoms with Gasteiger partial charge in [-0.3, -0.25) is 9.52 Å². The van der Waals surface area contributed by atoms with Crippen molar-refractivity contribution >= 4 is 21.6 Å². The summed E-state index contributed by atoms with van der Waals surface area (Å²) < 4.78 is 27.1. The molecule has 2 aromatic rings. The van der Waals surface area contributed by atoms with Gasteiger partial charge in [0.25, 0.3) is 0 Å². The normalized spacial score (nSPS) is 14.1. The first-order valence-corrected chi connectivity index (χ1v) is 9.99. The standard InChI is InChI=1S/C19H22N2O3S/c1-14-2-4-16(5-3-14)13-25(23,24)21-18-8-6-15(7-9-18)12-19(22)20-17-10-11-17/h2-9,17,21H,10-13H2,1H3,(H,20,22). The van der Waals surface area contributed by atoms with Gasteiger partial charge in [-0.2, -0.15) is 0 Å². The van der Waals surface area contributed by atoms with Crippen LogP contribution in [0.4, 0.5) is 5.69 Å². The highest BCUT2D eigenvalue weighted by Crippen LogP contribution is 2.19. The van der Waals surface area contributed by atoms with Crippen LogP contribution in [-0.2, 0) is 27.0 Å². The molecule has 1 amide bonds. The second-order valence-electron chi connectivity index (χ2n) is 6.56. The first-order chi connectivity index (χ1) is 11.9. The SMILES string of the molecule is Cc1ccc(CS(=O)(=O)Nc2ccc(CC(=O)NC3CC3)cc2)cc1. The first-order valence-electron chi connectivity index (χ1n) is 8.34. The molecular formula is C19H22N2O3S. The van der Waals surface area contributed by atoms with Gasteiger partial charge in [-0.25, -0.2) is 8.42 Å². The summed E-state index contributed by atoms with van der Waals surface area (Å²) in [6.07, 6.45) is 2.44. The topological polar surface area (TPSA) is 75.3 Å². The van der Waals surface area contributed by atoms with Crippen LogP contribution in [0, 0.1) is 6.92 Å². The molecule has 0 radical (unpaired) electrons. The van der Waals surface area contributed by atoms with E-state index in [9.17, 15) is 13.2 Å². The largest absolute Gasteiger partial charge is 0.353 e. The molecular weight excluding hydrogens is 336 g/mol. The van der Waals surface area contributed by atoms with Crippen LogP contribution < -0.4 is 10.0 Å². The van der Waals surface area contributed by atoms with Gasteiger partial charge >= 0.3 is 0 Å². The zero-order chi connectivity index (χ0) is 17.9. The second kappa shape index (κ2) is 7.27. The van der Waals surface area contributed by atoms with Crippen molar-refractivity contribution in [3.63, 3.8) is 0 Å². The molecule has 25 heavy (non-hydrogen) atoms. The maximum atomic E-state index is 12.3. The number of anilines is 1. The maximum absolute atomic E-state index is 12.3. The van der Waals surface area contributed by atoms with Crippen molar-refractivity contribution in [3.8, 4) is 0 Å². The minimum atomic E-state index is -3.47. The van der Waals surface area contributed by atoms with E-state index in [2.05, 4.69) is 10.0 Å². The Kier molecular flexibility index (Phi) is 5.08. The number of carbonyl (C=O) groups excluding carboxylic acids is 1. The molecule has 0 aromatic heterocycles. The number of aryl methyl sites for hydroxylation is 1. The van der Waals surface area contributed by atoms with E-state index in [0.717, 1.165) is 29.5 Å². The maximum Gasteiger partial charge on any atom is 0.236 e. The number of hydrogen-bond donors (Lipinski definition) is 2. The van der Waals surface area contributed by atoms with Crippen LogP contribution in [0.2, 0.25) is 0 Å². The summed E-state index contributed by atoms with van der Waals surface area (Å²) in [5, 5.41) is 2.94. The summed E-state index contributed by atoms with van der Waals surface area (Å²) in [5.41, 5.74) is 3.19. The van der Waals surface area contributed by atoms with Gasteiger partial charge in [-0.05, 0) is 43.0 Å². The molecule has 1 fully saturated rings. The molecule has 2 aromatic carbocycles. The van der Waals surface area contributed by atoms with Crippen molar-refractivity contribution in [3.05, 3.63) is 65.2 Å². The first kappa shape index (κ1) is 17.5. The third-order valence-corrected chi connectivity index (χ3v) is 5.27. The van der Waals surface area contributed by atoms with E-state index in [-0.39, 0.29) is 11.7 Å². The second-order valence-corrected chi connectivity index (χ2v) is 8.28. The Bertz CT molecular complexity index is 839. The summed E-state index contributed by atoms with van der Waals surface area (Å²) >= 11 is 0. The van der Waals surface area contributed by atoms with Gasteiger partial charge in [-0.15, -0.1) is 0 Å². The van der Waals surface area contributed by atoms with E-state index in [1.54, 1.807) is 24.3 Å². The Hall–Kier alpha value is -2.34. The summed E-state index contributed by atoms with van der Waals surface area (Å²) in [6.45, 7) is 1.96. The molecule has 0 heterocycles. The molecule has 3 rings (SSSR count). The molecule has 1 saturated carbocycles. The molecule has 0 spiro atoms. The lowest BCUT2D eigenvalue weighted by atomic mass is 10.1. The zero-order valence-corrected chi connectivity index (χ0v) is 15.0. The van der Waals surface area contributed by atoms with Gasteiger partial charge in [0.2, 0.25) is 15.9 Å². The van der Waals surface area contributed by atoms with Crippen LogP contribution in [0.1, 0.15) is 29.5 Å². The molecule has 6 heteroatoms. The van der Waals surface area contributed by atoms with E-state index < -0.39 is 10.0 Å². The average molecular weight is 358 g/mol. The Labute approximate surface area is 148 Å². The highest BCUT2D eigenvalue weighted by Gasteiger charge is 2.23. The summed E-state index contributed by atoms with van der Waals surface area (Å²) in [5.74, 6) is -0.0612. The number of nitrogens with one attached hydrogen (secondary N) is 2.